The monoisotopic (exact) mass is 1060 g/mol. The zero-order valence-corrected chi connectivity index (χ0v) is 46.1. The van der Waals surface area contributed by atoms with Gasteiger partial charge in [0.05, 0.1) is 36.7 Å². The number of hydrogen-bond donors (Lipinski definition) is 4. The van der Waals surface area contributed by atoms with Crippen molar-refractivity contribution in [2.75, 3.05) is 45.1 Å². The summed E-state index contributed by atoms with van der Waals surface area (Å²) in [4.78, 5) is 87.1. The number of hydrogen-bond acceptors (Lipinski definition) is 14. The van der Waals surface area contributed by atoms with E-state index < -0.39 is 78.2 Å². The van der Waals surface area contributed by atoms with Gasteiger partial charge in [-0.3, -0.25) is 29.6 Å². The molecule has 410 valence electrons. The van der Waals surface area contributed by atoms with Crippen LogP contribution in [0.2, 0.25) is 5.02 Å². The van der Waals surface area contributed by atoms with Gasteiger partial charge >= 0.3 is 18.2 Å². The van der Waals surface area contributed by atoms with Crippen molar-refractivity contribution in [3.8, 4) is 5.75 Å². The Balaban J connectivity index is 1.27. The fourth-order valence-electron chi connectivity index (χ4n) is 9.05. The summed E-state index contributed by atoms with van der Waals surface area (Å²) < 4.78 is 35.0. The minimum absolute atomic E-state index is 0.0885. The van der Waals surface area contributed by atoms with Gasteiger partial charge in [-0.25, -0.2) is 14.4 Å². The number of alkyl carbamates (subject to hydrolysis) is 1. The normalized spacial score (nSPS) is 24.3. The quantitative estimate of drug-likeness (QED) is 0.0386. The minimum atomic E-state index is -1.88. The van der Waals surface area contributed by atoms with Gasteiger partial charge in [0.1, 0.15) is 53.9 Å². The number of carbonyl (C=O) groups excluding carboxylic acids is 6. The molecule has 3 aliphatic rings. The van der Waals surface area contributed by atoms with Gasteiger partial charge in [0.2, 0.25) is 17.7 Å². The number of anilines is 2. The van der Waals surface area contributed by atoms with Crippen LogP contribution in [0.15, 0.2) is 76.5 Å². The summed E-state index contributed by atoms with van der Waals surface area (Å²) in [5, 5.41) is 20.3. The maximum Gasteiger partial charge on any atom is 0.410 e. The second-order valence-corrected chi connectivity index (χ2v) is 20.3. The van der Waals surface area contributed by atoms with E-state index in [0.717, 1.165) is 47.3 Å². The zero-order chi connectivity index (χ0) is 55.4. The summed E-state index contributed by atoms with van der Waals surface area (Å²) in [6.07, 6.45) is 3.91. The van der Waals surface area contributed by atoms with Crippen molar-refractivity contribution >= 4 is 64.6 Å². The van der Waals surface area contributed by atoms with E-state index in [4.69, 9.17) is 40.0 Å². The molecule has 3 aliphatic heterocycles. The zero-order valence-electron chi connectivity index (χ0n) is 45.3. The van der Waals surface area contributed by atoms with Gasteiger partial charge in [0, 0.05) is 45.7 Å². The van der Waals surface area contributed by atoms with Crippen molar-refractivity contribution in [2.45, 2.75) is 155 Å². The maximum atomic E-state index is 14.4. The predicted octanol–water partition coefficient (Wildman–Crippen LogP) is 8.10. The third-order valence-corrected chi connectivity index (χ3v) is 14.2. The van der Waals surface area contributed by atoms with Crippen molar-refractivity contribution in [3.05, 3.63) is 87.6 Å². The first-order chi connectivity index (χ1) is 35.4. The van der Waals surface area contributed by atoms with Crippen LogP contribution < -0.4 is 25.6 Å². The Bertz CT molecular complexity index is 2540. The number of allylic oxidation sites excluding steroid dienone is 5. The Morgan fingerprint density at radius 3 is 2.43 bits per heavy atom. The molecule has 20 heteroatoms. The molecule has 0 saturated carbocycles. The summed E-state index contributed by atoms with van der Waals surface area (Å²) in [7, 11) is 5.81. The molecular weight excluding hydrogens is 988 g/mol. The predicted molar refractivity (Wildman–Crippen MR) is 284 cm³/mol. The van der Waals surface area contributed by atoms with E-state index in [2.05, 4.69) is 27.9 Å². The number of halogens is 1. The summed E-state index contributed by atoms with van der Waals surface area (Å²) in [6.45, 7) is 14.1. The Morgan fingerprint density at radius 1 is 1.07 bits per heavy atom. The number of ether oxygens (including phenoxy) is 6. The first-order valence-corrected chi connectivity index (χ1v) is 25.7. The number of amides is 5. The van der Waals surface area contributed by atoms with Crippen LogP contribution in [-0.2, 0) is 55.9 Å². The molecule has 4 N–H and O–H groups in total. The number of nitrogens with zero attached hydrogens (tertiary/aromatic N) is 3. The molecule has 8 unspecified atom stereocenters. The molecule has 5 amide bonds. The summed E-state index contributed by atoms with van der Waals surface area (Å²) in [5.74, 6) is -2.08. The van der Waals surface area contributed by atoms with Crippen molar-refractivity contribution in [2.24, 2.45) is 10.9 Å². The lowest BCUT2D eigenvalue weighted by molar-refractivity contribution is -0.158. The molecule has 75 heavy (non-hydrogen) atoms. The molecule has 2 fully saturated rings. The van der Waals surface area contributed by atoms with E-state index in [9.17, 15) is 33.9 Å². The minimum Gasteiger partial charge on any atom is -0.495 e. The smallest absolute Gasteiger partial charge is 0.410 e. The highest BCUT2D eigenvalue weighted by Crippen LogP contribution is 2.49. The van der Waals surface area contributed by atoms with E-state index in [-0.39, 0.29) is 36.4 Å². The topological polar surface area (TPSA) is 236 Å². The summed E-state index contributed by atoms with van der Waals surface area (Å²) in [6, 6.07) is 8.97. The highest BCUT2D eigenvalue weighted by molar-refractivity contribution is 6.35. The molecule has 2 saturated heterocycles. The molecule has 3 heterocycles. The molecule has 19 nitrogen and oxygen atoms in total. The van der Waals surface area contributed by atoms with Crippen LogP contribution in [0.1, 0.15) is 111 Å². The number of nitrogens with one attached hydrogen (secondary N) is 3. The van der Waals surface area contributed by atoms with Crippen LogP contribution in [0.3, 0.4) is 0 Å². The van der Waals surface area contributed by atoms with Crippen LogP contribution in [0.5, 0.6) is 5.75 Å². The van der Waals surface area contributed by atoms with Crippen molar-refractivity contribution in [1.82, 2.24) is 15.5 Å². The molecule has 8 atom stereocenters. The average Bonchev–Trinajstić information content (AvgIpc) is 4.07. The fourth-order valence-corrected chi connectivity index (χ4v) is 9.37. The fraction of sp³-hybridized carbons (Fsp3) is 0.545. The maximum absolute atomic E-state index is 14.4. The third kappa shape index (κ3) is 15.6. The Hall–Kier alpha value is -6.28. The van der Waals surface area contributed by atoms with Gasteiger partial charge in [0.15, 0.2) is 5.72 Å². The molecule has 2 aromatic carbocycles. The van der Waals surface area contributed by atoms with Gasteiger partial charge in [-0.1, -0.05) is 86.2 Å². The number of esters is 1. The standard InChI is InChI=1S/C55H75ClN6O13/c1-13-14-15-16-20-45(63)59-49(32(2)3)35(6)57-30-46(64)58-39-23-21-37(22-24-39)31-72-53(68)61(9)36(7)51(66)74-44-28-47(65)62(10)40-26-38(27-41(70-11)48(40)56)25-33(4)18-17-19-43(71-12)55(69)29-42(73-52(67)60-55)34(5)50-54(44,8)75-50/h17-19,21-24,26-27,34,36,42-44,50,69H,13-16,20,25,28-31H2,1-12H3,(H,58,64)(H,59,63)(H,60,67). The summed E-state index contributed by atoms with van der Waals surface area (Å²) in [5.41, 5.74) is 1.90. The number of carbonyl (C=O) groups is 6. The second-order valence-electron chi connectivity index (χ2n) is 19.9. The van der Waals surface area contributed by atoms with Gasteiger partial charge in [-0.05, 0) is 89.8 Å². The van der Waals surface area contributed by atoms with Crippen LogP contribution in [0.4, 0.5) is 21.0 Å². The Kier molecular flexibility index (Phi) is 21.0. The lowest BCUT2D eigenvalue weighted by atomic mass is 9.83. The molecule has 0 aromatic heterocycles. The Morgan fingerprint density at radius 2 is 1.77 bits per heavy atom. The van der Waals surface area contributed by atoms with Crippen LogP contribution in [0.25, 0.3) is 0 Å². The van der Waals surface area contributed by atoms with E-state index in [1.54, 1.807) is 76.4 Å². The first kappa shape index (κ1) is 59.6. The molecular formula is C55H75ClN6O13. The molecule has 2 aromatic rings. The number of likely N-dealkylation sites (N-methyl/N-ethyl adjacent to an activating group) is 1. The van der Waals surface area contributed by atoms with E-state index >= 15 is 0 Å². The first-order valence-electron chi connectivity index (χ1n) is 25.3. The number of unbranched alkanes of at least 4 members (excludes halogenated alkanes) is 3. The van der Waals surface area contributed by atoms with Crippen LogP contribution >= 0.6 is 11.6 Å². The number of fused-ring (bicyclic) bond motifs is 5. The van der Waals surface area contributed by atoms with Crippen LogP contribution in [-0.4, -0.2) is 128 Å². The SMILES string of the molecule is CCCCCCC(=O)NC(C(C)=NCC(=O)Nc1ccc(COC(=O)N(C)C(C)C(=O)OC2CC(=O)N(C)c3cc(cc(OC)c3Cl)CC(C)=CC=CC(OC)C3(O)CC(OC(=O)N3)C(C)C3OC23C)cc1)=C(C)C. The van der Waals surface area contributed by atoms with Crippen LogP contribution in [0, 0.1) is 5.92 Å². The number of rotatable bonds is 17. The average molecular weight is 1060 g/mol. The number of methoxy groups -OCH3 is 2. The number of benzene rings is 2. The van der Waals surface area contributed by atoms with Crippen molar-refractivity contribution in [1.29, 1.82) is 0 Å². The molecule has 0 aliphatic carbocycles. The largest absolute Gasteiger partial charge is 0.495 e. The van der Waals surface area contributed by atoms with Gasteiger partial charge in [-0.2, -0.15) is 0 Å². The number of aliphatic hydroxyl groups is 1. The highest BCUT2D eigenvalue weighted by atomic mass is 35.5. The lowest BCUT2D eigenvalue weighted by Gasteiger charge is -2.42. The van der Waals surface area contributed by atoms with E-state index in [0.29, 0.717) is 46.9 Å². The van der Waals surface area contributed by atoms with E-state index in [1.165, 1.54) is 33.1 Å². The molecule has 4 bridgehead atoms. The second kappa shape index (κ2) is 26.5. The van der Waals surface area contributed by atoms with Gasteiger partial charge in [0.25, 0.3) is 0 Å². The lowest BCUT2D eigenvalue weighted by Crippen LogP contribution is -2.63. The highest BCUT2D eigenvalue weighted by Gasteiger charge is 2.64. The number of aliphatic imine (C=N–C) groups is 1. The third-order valence-electron chi connectivity index (χ3n) is 13.9. The molecule has 0 radical (unpaired) electrons. The van der Waals surface area contributed by atoms with Crippen molar-refractivity contribution in [3.63, 3.8) is 0 Å². The number of epoxide rings is 1. The van der Waals surface area contributed by atoms with Crippen molar-refractivity contribution < 1.29 is 62.3 Å². The molecule has 5 rings (SSSR count). The summed E-state index contributed by atoms with van der Waals surface area (Å²) >= 11 is 6.82. The van der Waals surface area contributed by atoms with Gasteiger partial charge in [-0.15, -0.1) is 0 Å². The molecule has 0 spiro atoms. The van der Waals surface area contributed by atoms with E-state index in [1.807, 2.05) is 26.8 Å². The van der Waals surface area contributed by atoms with Gasteiger partial charge < -0.3 is 49.1 Å². The Labute approximate surface area is 445 Å².